The highest BCUT2D eigenvalue weighted by molar-refractivity contribution is 6.00. The van der Waals surface area contributed by atoms with Gasteiger partial charge in [-0.3, -0.25) is 0 Å². The highest BCUT2D eigenvalue weighted by atomic mass is 16.5. The van der Waals surface area contributed by atoms with Crippen LogP contribution in [0.4, 0.5) is 16.2 Å². The molecule has 7 heteroatoms. The van der Waals surface area contributed by atoms with Gasteiger partial charge in [-0.1, -0.05) is 30.3 Å². The van der Waals surface area contributed by atoms with Crippen molar-refractivity contribution in [2.24, 2.45) is 0 Å². The summed E-state index contributed by atoms with van der Waals surface area (Å²) in [6.45, 7) is 0. The van der Waals surface area contributed by atoms with Crippen LogP contribution in [0.15, 0.2) is 72.8 Å². The lowest BCUT2D eigenvalue weighted by molar-refractivity contribution is 0.0600. The SMILES string of the molecule is COC(=O)c1cccc(NC(=O)Nc2ccc(CCc3nc4ccccc4[nH]3)cc2)c1. The Labute approximate surface area is 179 Å². The summed E-state index contributed by atoms with van der Waals surface area (Å²) in [5, 5.41) is 5.50. The number of rotatable bonds is 6. The van der Waals surface area contributed by atoms with Crippen LogP contribution < -0.4 is 10.6 Å². The topological polar surface area (TPSA) is 96.1 Å². The van der Waals surface area contributed by atoms with Crippen LogP contribution in [0, 0.1) is 0 Å². The van der Waals surface area contributed by atoms with Crippen LogP contribution in [0.5, 0.6) is 0 Å². The van der Waals surface area contributed by atoms with E-state index >= 15 is 0 Å². The third kappa shape index (κ3) is 5.08. The molecular weight excluding hydrogens is 392 g/mol. The maximum absolute atomic E-state index is 12.3. The second kappa shape index (κ2) is 9.13. The Morgan fingerprint density at radius 1 is 0.903 bits per heavy atom. The van der Waals surface area contributed by atoms with Gasteiger partial charge in [-0.2, -0.15) is 0 Å². The van der Waals surface area contributed by atoms with Crippen molar-refractivity contribution in [2.45, 2.75) is 12.8 Å². The number of benzene rings is 3. The zero-order valence-corrected chi connectivity index (χ0v) is 17.0. The van der Waals surface area contributed by atoms with Crippen LogP contribution >= 0.6 is 0 Å². The van der Waals surface area contributed by atoms with E-state index in [1.165, 1.54) is 7.11 Å². The van der Waals surface area contributed by atoms with Gasteiger partial charge in [0.25, 0.3) is 0 Å². The predicted octanol–water partition coefficient (Wildman–Crippen LogP) is 4.78. The Kier molecular flexibility index (Phi) is 5.93. The van der Waals surface area contributed by atoms with Crippen molar-refractivity contribution >= 4 is 34.4 Å². The summed E-state index contributed by atoms with van der Waals surface area (Å²) in [4.78, 5) is 31.8. The van der Waals surface area contributed by atoms with E-state index in [2.05, 4.69) is 20.6 Å². The maximum Gasteiger partial charge on any atom is 0.337 e. The monoisotopic (exact) mass is 414 g/mol. The fourth-order valence-electron chi connectivity index (χ4n) is 3.28. The van der Waals surface area contributed by atoms with Gasteiger partial charge in [0.05, 0.1) is 23.7 Å². The number of carbonyl (C=O) groups is 2. The first-order chi connectivity index (χ1) is 15.1. The maximum atomic E-state index is 12.3. The molecule has 0 fully saturated rings. The largest absolute Gasteiger partial charge is 0.465 e. The number of ether oxygens (including phenoxy) is 1. The van der Waals surface area contributed by atoms with Gasteiger partial charge in [0.2, 0.25) is 0 Å². The van der Waals surface area contributed by atoms with Crippen LogP contribution in [0.3, 0.4) is 0 Å². The van der Waals surface area contributed by atoms with E-state index in [4.69, 9.17) is 4.74 Å². The molecule has 31 heavy (non-hydrogen) atoms. The number of para-hydroxylation sites is 2. The third-order valence-corrected chi connectivity index (χ3v) is 4.84. The molecule has 1 aromatic heterocycles. The van der Waals surface area contributed by atoms with Crippen LogP contribution in [-0.4, -0.2) is 29.1 Å². The molecule has 0 aliphatic heterocycles. The number of nitrogens with zero attached hydrogens (tertiary/aromatic N) is 1. The number of hydrogen-bond acceptors (Lipinski definition) is 4. The predicted molar refractivity (Wildman–Crippen MR) is 120 cm³/mol. The summed E-state index contributed by atoms with van der Waals surface area (Å²) in [5.74, 6) is 0.499. The van der Waals surface area contributed by atoms with Crippen LogP contribution in [0.2, 0.25) is 0 Å². The lowest BCUT2D eigenvalue weighted by Crippen LogP contribution is -2.19. The molecule has 0 spiro atoms. The van der Waals surface area contributed by atoms with Crippen molar-refractivity contribution in [1.82, 2.24) is 9.97 Å². The highest BCUT2D eigenvalue weighted by Crippen LogP contribution is 2.16. The molecule has 4 aromatic rings. The number of methoxy groups -OCH3 is 1. The van der Waals surface area contributed by atoms with Gasteiger partial charge in [-0.15, -0.1) is 0 Å². The molecule has 2 amide bonds. The van der Waals surface area contributed by atoms with E-state index in [9.17, 15) is 9.59 Å². The van der Waals surface area contributed by atoms with E-state index in [0.29, 0.717) is 16.9 Å². The number of nitrogens with one attached hydrogen (secondary N) is 3. The first-order valence-corrected chi connectivity index (χ1v) is 9.90. The van der Waals surface area contributed by atoms with Gasteiger partial charge >= 0.3 is 12.0 Å². The Morgan fingerprint density at radius 3 is 2.45 bits per heavy atom. The standard InChI is InChI=1S/C24H22N4O3/c1-31-23(29)17-5-4-6-19(15-17)26-24(30)25-18-12-9-16(10-13-18)11-14-22-27-20-7-2-3-8-21(20)28-22/h2-10,12-13,15H,11,14H2,1H3,(H,27,28)(H2,25,26,30). The average Bonchev–Trinajstić information content (AvgIpc) is 3.21. The zero-order valence-electron chi connectivity index (χ0n) is 17.0. The summed E-state index contributed by atoms with van der Waals surface area (Å²) < 4.78 is 4.69. The summed E-state index contributed by atoms with van der Waals surface area (Å²) >= 11 is 0. The molecule has 0 atom stereocenters. The van der Waals surface area contributed by atoms with E-state index < -0.39 is 12.0 Å². The minimum Gasteiger partial charge on any atom is -0.465 e. The van der Waals surface area contributed by atoms with Crippen molar-refractivity contribution in [3.05, 3.63) is 89.7 Å². The first kappa shape index (κ1) is 20.2. The van der Waals surface area contributed by atoms with E-state index in [1.54, 1.807) is 24.3 Å². The summed E-state index contributed by atoms with van der Waals surface area (Å²) in [7, 11) is 1.31. The lowest BCUT2D eigenvalue weighted by atomic mass is 10.1. The Bertz CT molecular complexity index is 1180. The molecule has 0 saturated heterocycles. The number of esters is 1. The van der Waals surface area contributed by atoms with Gasteiger partial charge in [0.15, 0.2) is 0 Å². The van der Waals surface area contributed by atoms with Crippen molar-refractivity contribution in [1.29, 1.82) is 0 Å². The number of imidazole rings is 1. The molecule has 0 aliphatic rings. The lowest BCUT2D eigenvalue weighted by Gasteiger charge is -2.09. The number of amides is 2. The van der Waals surface area contributed by atoms with Gasteiger partial charge in [0, 0.05) is 17.8 Å². The second-order valence-electron chi connectivity index (χ2n) is 7.05. The van der Waals surface area contributed by atoms with Gasteiger partial charge in [-0.25, -0.2) is 14.6 Å². The molecule has 3 N–H and O–H groups in total. The first-order valence-electron chi connectivity index (χ1n) is 9.90. The molecule has 0 saturated carbocycles. The summed E-state index contributed by atoms with van der Waals surface area (Å²) in [5.41, 5.74) is 4.71. The number of H-pyrrole nitrogens is 1. The minimum absolute atomic E-state index is 0.370. The fraction of sp³-hybridized carbons (Fsp3) is 0.125. The quantitative estimate of drug-likeness (QED) is 0.396. The Morgan fingerprint density at radius 2 is 1.68 bits per heavy atom. The molecule has 3 aromatic carbocycles. The normalized spacial score (nSPS) is 10.6. The number of aromatic nitrogens is 2. The number of anilines is 2. The highest BCUT2D eigenvalue weighted by Gasteiger charge is 2.08. The molecule has 0 unspecified atom stereocenters. The molecule has 1 heterocycles. The molecule has 0 radical (unpaired) electrons. The molecule has 156 valence electrons. The molecule has 0 aliphatic carbocycles. The summed E-state index contributed by atoms with van der Waals surface area (Å²) in [6.07, 6.45) is 1.64. The smallest absolute Gasteiger partial charge is 0.337 e. The number of carbonyl (C=O) groups excluding carboxylic acids is 2. The number of fused-ring (bicyclic) bond motifs is 1. The van der Waals surface area contributed by atoms with Gasteiger partial charge in [0.1, 0.15) is 5.82 Å². The number of urea groups is 1. The third-order valence-electron chi connectivity index (χ3n) is 4.84. The molecule has 4 rings (SSSR count). The van der Waals surface area contributed by atoms with E-state index in [1.807, 2.05) is 48.5 Å². The van der Waals surface area contributed by atoms with Crippen LogP contribution in [-0.2, 0) is 17.6 Å². The van der Waals surface area contributed by atoms with Crippen molar-refractivity contribution in [3.8, 4) is 0 Å². The van der Waals surface area contributed by atoms with Crippen molar-refractivity contribution < 1.29 is 14.3 Å². The fourth-order valence-corrected chi connectivity index (χ4v) is 3.28. The van der Waals surface area contributed by atoms with Gasteiger partial charge < -0.3 is 20.4 Å². The minimum atomic E-state index is -0.456. The molecule has 0 bridgehead atoms. The summed E-state index contributed by atoms with van der Waals surface area (Å²) in [6, 6.07) is 21.8. The number of hydrogen-bond donors (Lipinski definition) is 3. The Balaban J connectivity index is 1.31. The Hall–Kier alpha value is -4.13. The van der Waals surface area contributed by atoms with E-state index in [-0.39, 0.29) is 0 Å². The average molecular weight is 414 g/mol. The van der Waals surface area contributed by atoms with Crippen molar-refractivity contribution in [3.63, 3.8) is 0 Å². The number of aryl methyl sites for hydroxylation is 2. The van der Waals surface area contributed by atoms with E-state index in [0.717, 1.165) is 35.3 Å². The second-order valence-corrected chi connectivity index (χ2v) is 7.05. The van der Waals surface area contributed by atoms with Crippen LogP contribution in [0.1, 0.15) is 21.7 Å². The van der Waals surface area contributed by atoms with Crippen LogP contribution in [0.25, 0.3) is 11.0 Å². The number of aromatic amines is 1. The zero-order chi connectivity index (χ0) is 21.6. The van der Waals surface area contributed by atoms with Gasteiger partial charge in [-0.05, 0) is 54.4 Å². The molecular formula is C24H22N4O3. The molecule has 7 nitrogen and oxygen atoms in total. The van der Waals surface area contributed by atoms with Crippen molar-refractivity contribution in [2.75, 3.05) is 17.7 Å².